The van der Waals surface area contributed by atoms with E-state index in [1.54, 1.807) is 11.8 Å². The second-order valence-electron chi connectivity index (χ2n) is 6.77. The van der Waals surface area contributed by atoms with Crippen LogP contribution < -0.4 is 9.21 Å². The van der Waals surface area contributed by atoms with Crippen LogP contribution in [0, 0.1) is 13.8 Å². The van der Waals surface area contributed by atoms with Gasteiger partial charge in [0.1, 0.15) is 12.3 Å². The topological polar surface area (TPSA) is 87.0 Å². The van der Waals surface area contributed by atoms with Crippen molar-refractivity contribution in [2.24, 2.45) is 0 Å². The Bertz CT molecular complexity index is 917. The summed E-state index contributed by atoms with van der Waals surface area (Å²) < 4.78 is 30.1. The molecule has 1 saturated heterocycles. The molecule has 1 aliphatic heterocycles. The molecule has 146 valence electrons. The summed E-state index contributed by atoms with van der Waals surface area (Å²) in [5.74, 6) is 0.365. The first-order valence-electron chi connectivity index (χ1n) is 8.74. The van der Waals surface area contributed by atoms with Gasteiger partial charge in [-0.1, -0.05) is 17.3 Å². The number of amides is 1. The van der Waals surface area contributed by atoms with Gasteiger partial charge >= 0.3 is 0 Å². The summed E-state index contributed by atoms with van der Waals surface area (Å²) in [5, 5.41) is 3.73. The number of hydrogen-bond donors (Lipinski definition) is 0. The van der Waals surface area contributed by atoms with Crippen molar-refractivity contribution in [1.29, 1.82) is 0 Å². The first-order valence-corrected chi connectivity index (χ1v) is 10.6. The second kappa shape index (κ2) is 7.59. The molecule has 8 nitrogen and oxygen atoms in total. The van der Waals surface area contributed by atoms with Crippen LogP contribution in [0.5, 0.6) is 0 Å². The number of anilines is 2. The number of nitrogens with zero attached hydrogens (tertiary/aromatic N) is 4. The maximum Gasteiger partial charge on any atom is 0.243 e. The van der Waals surface area contributed by atoms with E-state index < -0.39 is 10.0 Å². The Balaban J connectivity index is 1.64. The molecule has 1 aromatic heterocycles. The number of aromatic nitrogens is 1. The largest absolute Gasteiger partial charge is 0.368 e. The first kappa shape index (κ1) is 19.2. The summed E-state index contributed by atoms with van der Waals surface area (Å²) in [6.45, 7) is 5.94. The average molecular weight is 392 g/mol. The van der Waals surface area contributed by atoms with Crippen LogP contribution in [0.15, 0.2) is 34.9 Å². The normalized spacial score (nSPS) is 15.1. The molecule has 0 aliphatic carbocycles. The highest BCUT2D eigenvalue weighted by Gasteiger charge is 2.28. The fourth-order valence-electron chi connectivity index (χ4n) is 3.10. The molecular weight excluding hydrogens is 368 g/mol. The maximum absolute atomic E-state index is 12.7. The molecule has 2 aromatic rings. The summed E-state index contributed by atoms with van der Waals surface area (Å²) >= 11 is 0. The number of rotatable bonds is 5. The fourth-order valence-corrected chi connectivity index (χ4v) is 3.87. The summed E-state index contributed by atoms with van der Waals surface area (Å²) in [6.07, 6.45) is 1.06. The molecule has 2 heterocycles. The maximum atomic E-state index is 12.7. The minimum atomic E-state index is -3.64. The van der Waals surface area contributed by atoms with Crippen molar-refractivity contribution in [3.63, 3.8) is 0 Å². The van der Waals surface area contributed by atoms with Crippen molar-refractivity contribution in [2.75, 3.05) is 48.2 Å². The quantitative estimate of drug-likeness (QED) is 0.765. The Labute approximate surface area is 159 Å². The van der Waals surface area contributed by atoms with Crippen LogP contribution in [0.4, 0.5) is 11.5 Å². The van der Waals surface area contributed by atoms with E-state index in [1.165, 1.54) is 11.6 Å². The highest BCUT2D eigenvalue weighted by molar-refractivity contribution is 7.92. The van der Waals surface area contributed by atoms with E-state index >= 15 is 0 Å². The molecule has 0 unspecified atom stereocenters. The van der Waals surface area contributed by atoms with Crippen LogP contribution in [0.3, 0.4) is 0 Å². The Morgan fingerprint density at radius 1 is 1.19 bits per heavy atom. The number of benzene rings is 1. The first-order chi connectivity index (χ1) is 12.7. The van der Waals surface area contributed by atoms with Gasteiger partial charge in [-0.25, -0.2) is 12.7 Å². The van der Waals surface area contributed by atoms with Gasteiger partial charge < -0.3 is 14.3 Å². The summed E-state index contributed by atoms with van der Waals surface area (Å²) in [5.41, 5.74) is 2.33. The molecule has 0 N–H and O–H groups in total. The molecule has 0 bridgehead atoms. The predicted molar refractivity (Wildman–Crippen MR) is 103 cm³/mol. The van der Waals surface area contributed by atoms with Gasteiger partial charge in [0.05, 0.1) is 6.26 Å². The molecule has 9 heteroatoms. The molecule has 1 fully saturated rings. The predicted octanol–water partition coefficient (Wildman–Crippen LogP) is 1.41. The zero-order valence-electron chi connectivity index (χ0n) is 15.8. The summed E-state index contributed by atoms with van der Waals surface area (Å²) in [7, 11) is -3.64. The van der Waals surface area contributed by atoms with Crippen molar-refractivity contribution < 1.29 is 17.7 Å². The Hall–Kier alpha value is -2.55. The van der Waals surface area contributed by atoms with Crippen molar-refractivity contribution in [1.82, 2.24) is 10.1 Å². The number of carbonyl (C=O) groups excluding carboxylic acids is 1. The van der Waals surface area contributed by atoms with E-state index in [4.69, 9.17) is 4.52 Å². The van der Waals surface area contributed by atoms with E-state index in [0.717, 1.165) is 16.2 Å². The van der Waals surface area contributed by atoms with Crippen LogP contribution in [0.25, 0.3) is 0 Å². The molecule has 27 heavy (non-hydrogen) atoms. The third-order valence-electron chi connectivity index (χ3n) is 4.55. The molecule has 0 atom stereocenters. The highest BCUT2D eigenvalue weighted by Crippen LogP contribution is 2.20. The van der Waals surface area contributed by atoms with Crippen molar-refractivity contribution >= 4 is 27.4 Å². The van der Waals surface area contributed by atoms with E-state index in [9.17, 15) is 13.2 Å². The van der Waals surface area contributed by atoms with E-state index in [1.807, 2.05) is 6.07 Å². The van der Waals surface area contributed by atoms with Crippen LogP contribution >= 0.6 is 0 Å². The monoisotopic (exact) mass is 392 g/mol. The number of sulfonamides is 1. The Kier molecular flexibility index (Phi) is 5.41. The summed E-state index contributed by atoms with van der Waals surface area (Å²) in [4.78, 5) is 16.6. The standard InChI is InChI=1S/C18H24N4O4S/c1-14-5-4-6-16(11-14)20-7-9-21(10-8-20)18(23)13-22(27(3,24)25)17-12-15(2)26-19-17/h4-6,11-12H,7-10,13H2,1-3H3. The van der Waals surface area contributed by atoms with Crippen LogP contribution in [0.2, 0.25) is 0 Å². The molecule has 3 rings (SSSR count). The van der Waals surface area contributed by atoms with E-state index in [2.05, 4.69) is 35.2 Å². The lowest BCUT2D eigenvalue weighted by atomic mass is 10.2. The molecule has 1 amide bonds. The lowest BCUT2D eigenvalue weighted by molar-refractivity contribution is -0.129. The van der Waals surface area contributed by atoms with Crippen molar-refractivity contribution in [3.05, 3.63) is 41.7 Å². The SMILES string of the molecule is Cc1cccc(N2CCN(C(=O)CN(c3cc(C)on3)S(C)(=O)=O)CC2)c1. The summed E-state index contributed by atoms with van der Waals surface area (Å²) in [6, 6.07) is 9.75. The van der Waals surface area contributed by atoms with Gasteiger partial charge in [-0.2, -0.15) is 0 Å². The molecule has 0 saturated carbocycles. The van der Waals surface area contributed by atoms with Gasteiger partial charge in [0.2, 0.25) is 15.9 Å². The van der Waals surface area contributed by atoms with Crippen LogP contribution in [-0.2, 0) is 14.8 Å². The van der Waals surface area contributed by atoms with Gasteiger partial charge in [-0.05, 0) is 31.5 Å². The highest BCUT2D eigenvalue weighted by atomic mass is 32.2. The third kappa shape index (κ3) is 4.60. The van der Waals surface area contributed by atoms with Gasteiger partial charge in [-0.3, -0.25) is 4.79 Å². The third-order valence-corrected chi connectivity index (χ3v) is 5.67. The zero-order chi connectivity index (χ0) is 19.6. The van der Waals surface area contributed by atoms with Gasteiger partial charge in [0.15, 0.2) is 5.82 Å². The average Bonchev–Trinajstić information content (AvgIpc) is 3.04. The van der Waals surface area contributed by atoms with Gasteiger partial charge in [-0.15, -0.1) is 0 Å². The van der Waals surface area contributed by atoms with Crippen LogP contribution in [0.1, 0.15) is 11.3 Å². The van der Waals surface area contributed by atoms with Gasteiger partial charge in [0.25, 0.3) is 0 Å². The van der Waals surface area contributed by atoms with Crippen molar-refractivity contribution in [3.8, 4) is 0 Å². The van der Waals surface area contributed by atoms with E-state index in [-0.39, 0.29) is 18.3 Å². The van der Waals surface area contributed by atoms with Gasteiger partial charge in [0, 0.05) is 37.9 Å². The number of hydrogen-bond acceptors (Lipinski definition) is 6. The molecule has 1 aromatic carbocycles. The number of aryl methyl sites for hydroxylation is 2. The second-order valence-corrected chi connectivity index (χ2v) is 8.68. The molecule has 0 spiro atoms. The van der Waals surface area contributed by atoms with E-state index in [0.29, 0.717) is 31.9 Å². The van der Waals surface area contributed by atoms with Crippen LogP contribution in [-0.4, -0.2) is 63.4 Å². The van der Waals surface area contributed by atoms with Crippen molar-refractivity contribution in [2.45, 2.75) is 13.8 Å². The smallest absolute Gasteiger partial charge is 0.243 e. The fraction of sp³-hybridized carbons (Fsp3) is 0.444. The lowest BCUT2D eigenvalue weighted by Crippen LogP contribution is -2.52. The number of carbonyl (C=O) groups is 1. The molecule has 0 radical (unpaired) electrons. The molecule has 1 aliphatic rings. The minimum absolute atomic E-state index is 0.127. The lowest BCUT2D eigenvalue weighted by Gasteiger charge is -2.37. The Morgan fingerprint density at radius 3 is 2.44 bits per heavy atom. The Morgan fingerprint density at radius 2 is 1.89 bits per heavy atom. The minimum Gasteiger partial charge on any atom is -0.368 e. The zero-order valence-corrected chi connectivity index (χ0v) is 16.6. The molecular formula is C18H24N4O4S. The number of piperazine rings is 1.